The highest BCUT2D eigenvalue weighted by Gasteiger charge is 2.17. The van der Waals surface area contributed by atoms with E-state index in [2.05, 4.69) is 10.3 Å². The number of benzene rings is 1. The first-order valence-electron chi connectivity index (χ1n) is 6.91. The van der Waals surface area contributed by atoms with Crippen LogP contribution in [0.25, 0.3) is 0 Å². The van der Waals surface area contributed by atoms with E-state index < -0.39 is 28.9 Å². The van der Waals surface area contributed by atoms with E-state index in [9.17, 15) is 18.0 Å². The number of ether oxygens (including phenoxy) is 1. The Bertz CT molecular complexity index is 683. The maximum Gasteiger partial charge on any atom is 0.263 e. The molecule has 1 aromatic carbocycles. The number of hydrogen-bond acceptors (Lipinski definition) is 4. The van der Waals surface area contributed by atoms with Crippen LogP contribution in [0.1, 0.15) is 40.2 Å². The Morgan fingerprint density at radius 3 is 2.61 bits per heavy atom. The van der Waals surface area contributed by atoms with Crippen LogP contribution in [-0.2, 0) is 11.3 Å². The third-order valence-corrected chi connectivity index (χ3v) is 4.20. The van der Waals surface area contributed by atoms with Crippen molar-refractivity contribution in [2.24, 2.45) is 0 Å². The number of rotatable bonds is 6. The van der Waals surface area contributed by atoms with Crippen LogP contribution < -0.4 is 5.32 Å². The molecular formula is C15H15F3N2O2S. The Morgan fingerprint density at radius 1 is 1.35 bits per heavy atom. The number of halogens is 3. The summed E-state index contributed by atoms with van der Waals surface area (Å²) in [6.07, 6.45) is 1.14. The van der Waals surface area contributed by atoms with Gasteiger partial charge >= 0.3 is 0 Å². The molecule has 1 unspecified atom stereocenters. The van der Waals surface area contributed by atoms with Crippen molar-refractivity contribution in [1.82, 2.24) is 10.3 Å². The van der Waals surface area contributed by atoms with Crippen molar-refractivity contribution in [2.75, 3.05) is 6.61 Å². The molecule has 1 amide bonds. The van der Waals surface area contributed by atoms with Crippen molar-refractivity contribution in [2.45, 2.75) is 26.5 Å². The SMILES string of the molecule is CCOC(C)c1ncc(C(=O)NCc2c(F)cc(F)cc2F)s1. The lowest BCUT2D eigenvalue weighted by Gasteiger charge is -2.07. The van der Waals surface area contributed by atoms with Gasteiger partial charge in [0.15, 0.2) is 0 Å². The van der Waals surface area contributed by atoms with Crippen molar-refractivity contribution in [3.05, 3.63) is 51.2 Å². The molecule has 1 N–H and O–H groups in total. The average molecular weight is 344 g/mol. The zero-order valence-corrected chi connectivity index (χ0v) is 13.3. The van der Waals surface area contributed by atoms with Crippen molar-refractivity contribution < 1.29 is 22.7 Å². The van der Waals surface area contributed by atoms with Crippen LogP contribution in [0.15, 0.2) is 18.3 Å². The van der Waals surface area contributed by atoms with E-state index in [0.29, 0.717) is 28.6 Å². The van der Waals surface area contributed by atoms with Crippen molar-refractivity contribution >= 4 is 17.2 Å². The standard InChI is InChI=1S/C15H15F3N2O2S/c1-3-22-8(2)15-20-7-13(23-15)14(21)19-6-10-11(17)4-9(16)5-12(10)18/h4-5,7-8H,3,6H2,1-2H3,(H,19,21). The molecule has 0 saturated carbocycles. The zero-order valence-electron chi connectivity index (χ0n) is 12.5. The number of amides is 1. The van der Waals surface area contributed by atoms with Gasteiger partial charge < -0.3 is 10.1 Å². The fourth-order valence-electron chi connectivity index (χ4n) is 1.90. The summed E-state index contributed by atoms with van der Waals surface area (Å²) in [5.41, 5.74) is -0.396. The molecule has 1 heterocycles. The maximum atomic E-state index is 13.5. The predicted molar refractivity (Wildman–Crippen MR) is 79.6 cm³/mol. The van der Waals surface area contributed by atoms with Gasteiger partial charge in [0.1, 0.15) is 33.4 Å². The number of hydrogen-bond donors (Lipinski definition) is 1. The summed E-state index contributed by atoms with van der Waals surface area (Å²) in [6, 6.07) is 1.14. The molecule has 4 nitrogen and oxygen atoms in total. The Hall–Kier alpha value is -1.93. The van der Waals surface area contributed by atoms with Gasteiger partial charge in [0.2, 0.25) is 0 Å². The first-order valence-corrected chi connectivity index (χ1v) is 7.73. The van der Waals surface area contributed by atoms with Gasteiger partial charge in [0.05, 0.1) is 6.20 Å². The Kier molecular flexibility index (Phi) is 5.73. The second-order valence-corrected chi connectivity index (χ2v) is 5.75. The van der Waals surface area contributed by atoms with Gasteiger partial charge in [0.25, 0.3) is 5.91 Å². The van der Waals surface area contributed by atoms with E-state index in [1.54, 1.807) is 0 Å². The summed E-state index contributed by atoms with van der Waals surface area (Å²) in [5, 5.41) is 3.02. The second kappa shape index (κ2) is 7.56. The van der Waals surface area contributed by atoms with Crippen LogP contribution >= 0.6 is 11.3 Å². The predicted octanol–water partition coefficient (Wildman–Crippen LogP) is 3.59. The molecule has 2 rings (SSSR count). The van der Waals surface area contributed by atoms with Gasteiger partial charge in [0, 0.05) is 30.8 Å². The molecule has 0 aliphatic carbocycles. The van der Waals surface area contributed by atoms with Crippen LogP contribution in [0.2, 0.25) is 0 Å². The summed E-state index contributed by atoms with van der Waals surface area (Å²) in [5.74, 6) is -3.61. The molecule has 0 bridgehead atoms. The fraction of sp³-hybridized carbons (Fsp3) is 0.333. The number of nitrogens with one attached hydrogen (secondary N) is 1. The molecule has 0 aliphatic rings. The molecule has 8 heteroatoms. The molecule has 0 fully saturated rings. The van der Waals surface area contributed by atoms with Gasteiger partial charge in [-0.3, -0.25) is 4.79 Å². The second-order valence-electron chi connectivity index (χ2n) is 4.69. The summed E-state index contributed by atoms with van der Waals surface area (Å²) in [4.78, 5) is 16.4. The molecule has 124 valence electrons. The number of thiazole rings is 1. The topological polar surface area (TPSA) is 51.2 Å². The minimum absolute atomic E-state index is 0.237. The Morgan fingerprint density at radius 2 is 2.00 bits per heavy atom. The summed E-state index contributed by atoms with van der Waals surface area (Å²) in [6.45, 7) is 3.80. The minimum Gasteiger partial charge on any atom is -0.372 e. The highest BCUT2D eigenvalue weighted by molar-refractivity contribution is 7.13. The molecule has 1 atom stereocenters. The van der Waals surface area contributed by atoms with Crippen LogP contribution in [0.5, 0.6) is 0 Å². The van der Waals surface area contributed by atoms with E-state index in [-0.39, 0.29) is 12.6 Å². The smallest absolute Gasteiger partial charge is 0.263 e. The van der Waals surface area contributed by atoms with E-state index in [1.165, 1.54) is 6.20 Å². The zero-order chi connectivity index (χ0) is 17.0. The van der Waals surface area contributed by atoms with Gasteiger partial charge in [-0.2, -0.15) is 0 Å². The maximum absolute atomic E-state index is 13.5. The molecule has 23 heavy (non-hydrogen) atoms. The molecule has 0 aliphatic heterocycles. The summed E-state index contributed by atoms with van der Waals surface area (Å²) in [7, 11) is 0. The molecule has 0 radical (unpaired) electrons. The molecule has 1 aromatic heterocycles. The van der Waals surface area contributed by atoms with E-state index in [4.69, 9.17) is 4.74 Å². The van der Waals surface area contributed by atoms with Crippen LogP contribution in [0, 0.1) is 17.5 Å². The van der Waals surface area contributed by atoms with Crippen molar-refractivity contribution in [3.63, 3.8) is 0 Å². The lowest BCUT2D eigenvalue weighted by Crippen LogP contribution is -2.23. The largest absolute Gasteiger partial charge is 0.372 e. The van der Waals surface area contributed by atoms with Gasteiger partial charge in [-0.05, 0) is 13.8 Å². The van der Waals surface area contributed by atoms with Gasteiger partial charge in [-0.15, -0.1) is 11.3 Å². The third kappa shape index (κ3) is 4.29. The summed E-state index contributed by atoms with van der Waals surface area (Å²) >= 11 is 1.14. The lowest BCUT2D eigenvalue weighted by atomic mass is 10.2. The molecule has 2 aromatic rings. The van der Waals surface area contributed by atoms with Crippen LogP contribution in [-0.4, -0.2) is 17.5 Å². The number of aromatic nitrogens is 1. The number of nitrogens with zero attached hydrogens (tertiary/aromatic N) is 1. The van der Waals surface area contributed by atoms with Crippen molar-refractivity contribution in [1.29, 1.82) is 0 Å². The molecule has 0 saturated heterocycles. The van der Waals surface area contributed by atoms with Crippen LogP contribution in [0.3, 0.4) is 0 Å². The van der Waals surface area contributed by atoms with E-state index in [1.807, 2.05) is 13.8 Å². The number of carbonyl (C=O) groups excluding carboxylic acids is 1. The third-order valence-electron chi connectivity index (χ3n) is 3.04. The van der Waals surface area contributed by atoms with Crippen molar-refractivity contribution in [3.8, 4) is 0 Å². The highest BCUT2D eigenvalue weighted by Crippen LogP contribution is 2.23. The fourth-order valence-corrected chi connectivity index (χ4v) is 2.73. The molecular weight excluding hydrogens is 329 g/mol. The summed E-state index contributed by atoms with van der Waals surface area (Å²) < 4.78 is 45.2. The highest BCUT2D eigenvalue weighted by atomic mass is 32.1. The first-order chi connectivity index (χ1) is 10.9. The monoisotopic (exact) mass is 344 g/mol. The normalized spacial score (nSPS) is 12.2. The Labute approximate surface area is 135 Å². The Balaban J connectivity index is 2.03. The quantitative estimate of drug-likeness (QED) is 0.871. The van der Waals surface area contributed by atoms with E-state index in [0.717, 1.165) is 11.3 Å². The lowest BCUT2D eigenvalue weighted by molar-refractivity contribution is 0.0762. The molecule has 0 spiro atoms. The minimum atomic E-state index is -1.04. The van der Waals surface area contributed by atoms with Gasteiger partial charge in [-0.1, -0.05) is 0 Å². The average Bonchev–Trinajstić information content (AvgIpc) is 2.96. The van der Waals surface area contributed by atoms with Crippen LogP contribution in [0.4, 0.5) is 13.2 Å². The number of carbonyl (C=O) groups is 1. The van der Waals surface area contributed by atoms with Gasteiger partial charge in [-0.25, -0.2) is 18.2 Å². The first kappa shape index (κ1) is 17.4. The van der Waals surface area contributed by atoms with E-state index >= 15 is 0 Å².